The number of carboxylic acid groups (broad SMARTS) is 1. The number of anilines is 1. The summed E-state index contributed by atoms with van der Waals surface area (Å²) in [5, 5.41) is 14.9. The molecule has 0 unspecified atom stereocenters. The lowest BCUT2D eigenvalue weighted by atomic mass is 9.89. The Bertz CT molecular complexity index is 710. The molecule has 0 aliphatic heterocycles. The summed E-state index contributed by atoms with van der Waals surface area (Å²) in [5.41, 5.74) is 1.29. The van der Waals surface area contributed by atoms with Gasteiger partial charge in [-0.2, -0.15) is 0 Å². The number of carbonyl (C=O) groups is 1. The van der Waals surface area contributed by atoms with Gasteiger partial charge in [-0.05, 0) is 44.6 Å². The molecule has 2 aromatic rings. The molecule has 1 N–H and O–H groups in total. The Labute approximate surface area is 127 Å². The number of carbonyl (C=O) groups excluding carboxylic acids is 1. The minimum Gasteiger partial charge on any atom is -0.548 e. The minimum atomic E-state index is -1.13. The van der Waals surface area contributed by atoms with Crippen molar-refractivity contribution in [3.63, 3.8) is 0 Å². The summed E-state index contributed by atoms with van der Waals surface area (Å²) in [7, 11) is 0. The molecule has 0 saturated heterocycles. The van der Waals surface area contributed by atoms with Crippen molar-refractivity contribution in [1.82, 2.24) is 9.97 Å². The number of thiophene rings is 1. The molecule has 0 saturated carbocycles. The fraction of sp³-hybridized carbons (Fsp3) is 0.533. The van der Waals surface area contributed by atoms with Crippen LogP contribution in [0.15, 0.2) is 0 Å². The predicted molar refractivity (Wildman–Crippen MR) is 81.4 cm³/mol. The smallest absolute Gasteiger partial charge is 0.139 e. The predicted octanol–water partition coefficient (Wildman–Crippen LogP) is 1.67. The van der Waals surface area contributed by atoms with Crippen LogP contribution in [0, 0.1) is 12.8 Å². The summed E-state index contributed by atoms with van der Waals surface area (Å²) in [6.07, 6.45) is 3.24. The molecule has 112 valence electrons. The number of fused-ring (bicyclic) bond motifs is 3. The first kappa shape index (κ1) is 14.3. The normalized spacial score (nSPS) is 19.3. The van der Waals surface area contributed by atoms with E-state index in [0.717, 1.165) is 29.5 Å². The second-order valence-electron chi connectivity index (χ2n) is 5.84. The molecular formula is C15H18N3O2S-. The highest BCUT2D eigenvalue weighted by atomic mass is 32.1. The fourth-order valence-corrected chi connectivity index (χ4v) is 4.25. The zero-order chi connectivity index (χ0) is 15.1. The van der Waals surface area contributed by atoms with E-state index in [2.05, 4.69) is 22.2 Å². The number of carboxylic acids is 1. The molecule has 0 fully saturated rings. The van der Waals surface area contributed by atoms with Crippen molar-refractivity contribution in [1.29, 1.82) is 0 Å². The SMILES string of the molecule is Cc1nc(N[C@@H](C)C(=O)[O-])c2c3c(sc2n1)C[C@@H](C)CC3. The van der Waals surface area contributed by atoms with Gasteiger partial charge < -0.3 is 15.2 Å². The molecule has 6 heteroatoms. The van der Waals surface area contributed by atoms with Gasteiger partial charge in [0.2, 0.25) is 0 Å². The lowest BCUT2D eigenvalue weighted by Crippen LogP contribution is -2.38. The highest BCUT2D eigenvalue weighted by Crippen LogP contribution is 2.40. The molecule has 5 nitrogen and oxygen atoms in total. The second kappa shape index (κ2) is 5.26. The lowest BCUT2D eigenvalue weighted by Gasteiger charge is -2.20. The van der Waals surface area contributed by atoms with Crippen LogP contribution in [-0.2, 0) is 17.6 Å². The van der Waals surface area contributed by atoms with Crippen LogP contribution in [-0.4, -0.2) is 22.0 Å². The molecule has 0 bridgehead atoms. The van der Waals surface area contributed by atoms with E-state index in [1.165, 1.54) is 10.4 Å². The quantitative estimate of drug-likeness (QED) is 0.933. The summed E-state index contributed by atoms with van der Waals surface area (Å²) < 4.78 is 0. The molecule has 0 radical (unpaired) electrons. The van der Waals surface area contributed by atoms with Crippen LogP contribution in [0.25, 0.3) is 10.2 Å². The van der Waals surface area contributed by atoms with Crippen LogP contribution in [0.3, 0.4) is 0 Å². The maximum absolute atomic E-state index is 11.0. The van der Waals surface area contributed by atoms with Gasteiger partial charge in [-0.3, -0.25) is 0 Å². The highest BCUT2D eigenvalue weighted by Gasteiger charge is 2.24. The van der Waals surface area contributed by atoms with Crippen molar-refractivity contribution >= 4 is 33.3 Å². The van der Waals surface area contributed by atoms with E-state index in [1.807, 2.05) is 6.92 Å². The molecule has 2 aromatic heterocycles. The average molecular weight is 304 g/mol. The molecule has 21 heavy (non-hydrogen) atoms. The third-order valence-corrected chi connectivity index (χ3v) is 5.12. The summed E-state index contributed by atoms with van der Waals surface area (Å²) >= 11 is 1.71. The highest BCUT2D eigenvalue weighted by molar-refractivity contribution is 7.19. The molecule has 1 aliphatic carbocycles. The van der Waals surface area contributed by atoms with E-state index in [-0.39, 0.29) is 0 Å². The van der Waals surface area contributed by atoms with E-state index < -0.39 is 12.0 Å². The van der Waals surface area contributed by atoms with Gasteiger partial charge in [0.15, 0.2) is 0 Å². The fourth-order valence-electron chi connectivity index (χ4n) is 2.82. The Hall–Kier alpha value is -1.69. The molecule has 2 atom stereocenters. The Kier molecular flexibility index (Phi) is 3.57. The molecule has 0 aromatic carbocycles. The summed E-state index contributed by atoms with van der Waals surface area (Å²) in [4.78, 5) is 22.2. The van der Waals surface area contributed by atoms with Crippen molar-refractivity contribution < 1.29 is 9.90 Å². The number of nitrogens with one attached hydrogen (secondary N) is 1. The summed E-state index contributed by atoms with van der Waals surface area (Å²) in [5.74, 6) is 0.846. The molecule has 1 aliphatic rings. The van der Waals surface area contributed by atoms with Gasteiger partial charge in [-0.15, -0.1) is 11.3 Å². The Morgan fingerprint density at radius 2 is 2.24 bits per heavy atom. The van der Waals surface area contributed by atoms with E-state index in [4.69, 9.17) is 0 Å². The number of nitrogens with zero attached hydrogens (tertiary/aromatic N) is 2. The van der Waals surface area contributed by atoms with Gasteiger partial charge in [-0.1, -0.05) is 6.92 Å². The van der Waals surface area contributed by atoms with E-state index >= 15 is 0 Å². The molecule has 2 heterocycles. The van der Waals surface area contributed by atoms with Gasteiger partial charge >= 0.3 is 0 Å². The zero-order valence-corrected chi connectivity index (χ0v) is 13.2. The van der Waals surface area contributed by atoms with Gasteiger partial charge in [0.1, 0.15) is 16.5 Å². The van der Waals surface area contributed by atoms with Crippen molar-refractivity contribution in [3.05, 3.63) is 16.3 Å². The van der Waals surface area contributed by atoms with Crippen molar-refractivity contribution in [2.45, 2.75) is 46.1 Å². The standard InChI is InChI=1S/C15H19N3O2S/c1-7-4-5-10-11(6-7)21-14-12(10)13(17-9(3)18-14)16-8(2)15(19)20/h7-8H,4-6H2,1-3H3,(H,19,20)(H,16,17,18)/p-1/t7-,8-/m0/s1. The number of hydrogen-bond acceptors (Lipinski definition) is 6. The first-order valence-electron chi connectivity index (χ1n) is 7.22. The Balaban J connectivity index is 2.12. The van der Waals surface area contributed by atoms with Crippen LogP contribution in [0.5, 0.6) is 0 Å². The molecule has 3 rings (SSSR count). The van der Waals surface area contributed by atoms with E-state index in [0.29, 0.717) is 17.6 Å². The summed E-state index contributed by atoms with van der Waals surface area (Å²) in [6.45, 7) is 5.66. The van der Waals surface area contributed by atoms with Crippen LogP contribution >= 0.6 is 11.3 Å². The zero-order valence-electron chi connectivity index (χ0n) is 12.4. The minimum absolute atomic E-state index is 0.626. The third kappa shape index (κ3) is 2.60. The number of hydrogen-bond donors (Lipinski definition) is 1. The Morgan fingerprint density at radius 3 is 2.95 bits per heavy atom. The first-order chi connectivity index (χ1) is 9.95. The summed E-state index contributed by atoms with van der Waals surface area (Å²) in [6, 6.07) is -0.777. The van der Waals surface area contributed by atoms with Crippen molar-refractivity contribution in [2.24, 2.45) is 5.92 Å². The van der Waals surface area contributed by atoms with Crippen LogP contribution < -0.4 is 10.4 Å². The van der Waals surface area contributed by atoms with Crippen molar-refractivity contribution in [3.8, 4) is 0 Å². The van der Waals surface area contributed by atoms with Crippen molar-refractivity contribution in [2.75, 3.05) is 5.32 Å². The van der Waals surface area contributed by atoms with Crippen LogP contribution in [0.1, 0.15) is 36.5 Å². The van der Waals surface area contributed by atoms with Gasteiger partial charge in [0.25, 0.3) is 0 Å². The van der Waals surface area contributed by atoms with Gasteiger partial charge in [0, 0.05) is 4.88 Å². The second-order valence-corrected chi connectivity index (χ2v) is 6.92. The average Bonchev–Trinajstić information content (AvgIpc) is 2.75. The van der Waals surface area contributed by atoms with E-state index in [9.17, 15) is 9.90 Å². The number of aromatic nitrogens is 2. The number of aliphatic carboxylic acids is 1. The maximum atomic E-state index is 11.0. The molecular weight excluding hydrogens is 286 g/mol. The third-order valence-electron chi connectivity index (χ3n) is 3.97. The van der Waals surface area contributed by atoms with Gasteiger partial charge in [0.05, 0.1) is 17.4 Å². The molecule has 0 spiro atoms. The topological polar surface area (TPSA) is 77.9 Å². The largest absolute Gasteiger partial charge is 0.548 e. The maximum Gasteiger partial charge on any atom is 0.139 e. The lowest BCUT2D eigenvalue weighted by molar-refractivity contribution is -0.306. The Morgan fingerprint density at radius 1 is 1.48 bits per heavy atom. The monoisotopic (exact) mass is 304 g/mol. The molecule has 0 amide bonds. The number of aryl methyl sites for hydroxylation is 2. The van der Waals surface area contributed by atoms with Gasteiger partial charge in [-0.25, -0.2) is 9.97 Å². The first-order valence-corrected chi connectivity index (χ1v) is 8.03. The van der Waals surface area contributed by atoms with Crippen LogP contribution in [0.2, 0.25) is 0 Å². The van der Waals surface area contributed by atoms with Crippen LogP contribution in [0.4, 0.5) is 5.82 Å². The van der Waals surface area contributed by atoms with E-state index in [1.54, 1.807) is 18.3 Å². The number of rotatable bonds is 3.